The summed E-state index contributed by atoms with van der Waals surface area (Å²) in [5.74, 6) is 0. The molecule has 3 aromatic carbocycles. The molecular weight excluding hydrogens is 404 g/mol. The quantitative estimate of drug-likeness (QED) is 0.499. The Hall–Kier alpha value is -2.89. The Balaban J connectivity index is 1.42. The van der Waals surface area contributed by atoms with E-state index in [2.05, 4.69) is 35.2 Å². The molecule has 0 saturated carbocycles. The predicted molar refractivity (Wildman–Crippen MR) is 128 cm³/mol. The van der Waals surface area contributed by atoms with Crippen molar-refractivity contribution in [1.82, 2.24) is 4.90 Å². The zero-order valence-electron chi connectivity index (χ0n) is 17.6. The molecule has 0 saturated heterocycles. The molecule has 1 heterocycles. The van der Waals surface area contributed by atoms with Gasteiger partial charge in [-0.1, -0.05) is 72.8 Å². The van der Waals surface area contributed by atoms with Gasteiger partial charge in [0.1, 0.15) is 0 Å². The molecule has 4 rings (SSSR count). The zero-order valence-corrected chi connectivity index (χ0v) is 18.4. The van der Waals surface area contributed by atoms with E-state index < -0.39 is 10.0 Å². The van der Waals surface area contributed by atoms with Gasteiger partial charge in [0.2, 0.25) is 0 Å². The molecule has 31 heavy (non-hydrogen) atoms. The van der Waals surface area contributed by atoms with Crippen LogP contribution in [0.4, 0.5) is 5.69 Å². The summed E-state index contributed by atoms with van der Waals surface area (Å²) in [4.78, 5) is 2.72. The number of para-hydroxylation sites is 1. The SMILES string of the molecule is O=S(=O)(c1ccccc1)N(CCCN1CC=C(c2ccccc2)CC1)c1ccccc1. The van der Waals surface area contributed by atoms with Gasteiger partial charge in [-0.2, -0.15) is 0 Å². The molecule has 5 heteroatoms. The van der Waals surface area contributed by atoms with Crippen LogP contribution in [0.5, 0.6) is 0 Å². The van der Waals surface area contributed by atoms with E-state index in [1.165, 1.54) is 15.4 Å². The Morgan fingerprint density at radius 3 is 2.03 bits per heavy atom. The Bertz CT molecular complexity index is 1100. The molecule has 4 nitrogen and oxygen atoms in total. The highest BCUT2D eigenvalue weighted by atomic mass is 32.2. The van der Waals surface area contributed by atoms with Crippen LogP contribution in [-0.2, 0) is 10.0 Å². The van der Waals surface area contributed by atoms with Crippen molar-refractivity contribution in [3.63, 3.8) is 0 Å². The standard InChI is InChI=1S/C26H28N2O2S/c29-31(30,26-15-8-3-9-16-26)28(25-13-6-2-7-14-25)20-10-19-27-21-17-24(18-22-27)23-11-4-1-5-12-23/h1-9,11-17H,10,18-22H2. The molecule has 0 amide bonds. The van der Waals surface area contributed by atoms with Crippen LogP contribution >= 0.6 is 0 Å². The maximum atomic E-state index is 13.3. The summed E-state index contributed by atoms with van der Waals surface area (Å²) in [6.07, 6.45) is 4.10. The van der Waals surface area contributed by atoms with Crippen molar-refractivity contribution >= 4 is 21.3 Å². The number of anilines is 1. The fraction of sp³-hybridized carbons (Fsp3) is 0.231. The van der Waals surface area contributed by atoms with Crippen LogP contribution in [0.1, 0.15) is 18.4 Å². The molecule has 160 valence electrons. The fourth-order valence-corrected chi connectivity index (χ4v) is 5.49. The first-order valence-electron chi connectivity index (χ1n) is 10.7. The highest BCUT2D eigenvalue weighted by Crippen LogP contribution is 2.25. The van der Waals surface area contributed by atoms with Gasteiger partial charge in [-0.25, -0.2) is 8.42 Å². The Morgan fingerprint density at radius 2 is 1.42 bits per heavy atom. The lowest BCUT2D eigenvalue weighted by atomic mass is 9.99. The lowest BCUT2D eigenvalue weighted by Crippen LogP contribution is -2.35. The number of hydrogen-bond acceptors (Lipinski definition) is 3. The van der Waals surface area contributed by atoms with Crippen LogP contribution in [0, 0.1) is 0 Å². The summed E-state index contributed by atoms with van der Waals surface area (Å²) >= 11 is 0. The molecule has 0 aliphatic carbocycles. The van der Waals surface area contributed by atoms with Gasteiger partial charge in [-0.3, -0.25) is 9.21 Å². The first-order valence-corrected chi connectivity index (χ1v) is 12.2. The van der Waals surface area contributed by atoms with Crippen LogP contribution in [0.15, 0.2) is 102 Å². The third-order valence-electron chi connectivity index (χ3n) is 5.65. The van der Waals surface area contributed by atoms with Crippen LogP contribution < -0.4 is 4.31 Å². The zero-order chi connectivity index (χ0) is 21.5. The van der Waals surface area contributed by atoms with E-state index >= 15 is 0 Å². The van der Waals surface area contributed by atoms with Crippen LogP contribution in [0.25, 0.3) is 5.57 Å². The Labute approximate surface area is 185 Å². The van der Waals surface area contributed by atoms with Gasteiger partial charge in [0.15, 0.2) is 0 Å². The largest absolute Gasteiger partial charge is 0.299 e. The molecule has 0 aromatic heterocycles. The molecule has 0 bridgehead atoms. The summed E-state index contributed by atoms with van der Waals surface area (Å²) in [6.45, 7) is 3.22. The molecule has 0 spiro atoms. The van der Waals surface area contributed by atoms with Crippen molar-refractivity contribution < 1.29 is 8.42 Å². The molecule has 0 fully saturated rings. The topological polar surface area (TPSA) is 40.6 Å². The third-order valence-corrected chi connectivity index (χ3v) is 7.49. The van der Waals surface area contributed by atoms with Crippen LogP contribution in [0.2, 0.25) is 0 Å². The Kier molecular flexibility index (Phi) is 6.85. The monoisotopic (exact) mass is 432 g/mol. The first kappa shape index (κ1) is 21.3. The van der Waals surface area contributed by atoms with Gasteiger partial charge in [0, 0.05) is 26.2 Å². The summed E-state index contributed by atoms with van der Waals surface area (Å²) in [6, 6.07) is 28.6. The summed E-state index contributed by atoms with van der Waals surface area (Å²) < 4.78 is 28.2. The van der Waals surface area contributed by atoms with Gasteiger partial charge >= 0.3 is 0 Å². The molecule has 0 atom stereocenters. The number of hydrogen-bond donors (Lipinski definition) is 0. The molecule has 3 aromatic rings. The highest BCUT2D eigenvalue weighted by molar-refractivity contribution is 7.92. The predicted octanol–water partition coefficient (Wildman–Crippen LogP) is 5.06. The third kappa shape index (κ3) is 5.24. The van der Waals surface area contributed by atoms with E-state index in [0.717, 1.165) is 32.5 Å². The van der Waals surface area contributed by atoms with Crippen molar-refractivity contribution in [2.45, 2.75) is 17.7 Å². The maximum absolute atomic E-state index is 13.3. The van der Waals surface area contributed by atoms with Crippen LogP contribution in [-0.4, -0.2) is 39.5 Å². The summed E-state index contributed by atoms with van der Waals surface area (Å²) in [7, 11) is -3.60. The smallest absolute Gasteiger partial charge is 0.264 e. The average molecular weight is 433 g/mol. The van der Waals surface area contributed by atoms with E-state index in [1.807, 2.05) is 42.5 Å². The summed E-state index contributed by atoms with van der Waals surface area (Å²) in [5.41, 5.74) is 3.40. The van der Waals surface area contributed by atoms with E-state index in [1.54, 1.807) is 24.3 Å². The van der Waals surface area contributed by atoms with Gasteiger partial charge in [-0.05, 0) is 48.2 Å². The molecule has 0 unspecified atom stereocenters. The molecule has 1 aliphatic heterocycles. The minimum atomic E-state index is -3.60. The van der Waals surface area contributed by atoms with Gasteiger partial charge in [0.05, 0.1) is 10.6 Å². The van der Waals surface area contributed by atoms with Crippen molar-refractivity contribution in [3.8, 4) is 0 Å². The Morgan fingerprint density at radius 1 is 0.806 bits per heavy atom. The minimum Gasteiger partial charge on any atom is -0.299 e. The molecule has 1 aliphatic rings. The lowest BCUT2D eigenvalue weighted by molar-refractivity contribution is 0.300. The minimum absolute atomic E-state index is 0.326. The average Bonchev–Trinajstić information content (AvgIpc) is 2.84. The van der Waals surface area contributed by atoms with Crippen LogP contribution in [0.3, 0.4) is 0 Å². The van der Waals surface area contributed by atoms with Crippen molar-refractivity contribution in [2.24, 2.45) is 0 Å². The molecular formula is C26H28N2O2S. The number of sulfonamides is 1. The first-order chi connectivity index (χ1) is 15.1. The van der Waals surface area contributed by atoms with Crippen molar-refractivity contribution in [1.29, 1.82) is 0 Å². The normalized spacial score (nSPS) is 14.8. The van der Waals surface area contributed by atoms with Gasteiger partial charge in [-0.15, -0.1) is 0 Å². The van der Waals surface area contributed by atoms with E-state index in [4.69, 9.17) is 0 Å². The fourth-order valence-electron chi connectivity index (χ4n) is 3.97. The van der Waals surface area contributed by atoms with Crippen molar-refractivity contribution in [2.75, 3.05) is 30.5 Å². The maximum Gasteiger partial charge on any atom is 0.264 e. The summed E-state index contributed by atoms with van der Waals surface area (Å²) in [5, 5.41) is 0. The van der Waals surface area contributed by atoms with Gasteiger partial charge < -0.3 is 0 Å². The van der Waals surface area contributed by atoms with E-state index in [9.17, 15) is 8.42 Å². The molecule has 0 N–H and O–H groups in total. The second-order valence-electron chi connectivity index (χ2n) is 7.73. The second kappa shape index (κ2) is 9.94. The van der Waals surface area contributed by atoms with E-state index in [-0.39, 0.29) is 0 Å². The lowest BCUT2D eigenvalue weighted by Gasteiger charge is -2.29. The second-order valence-corrected chi connectivity index (χ2v) is 9.59. The number of benzene rings is 3. The number of rotatable bonds is 8. The highest BCUT2D eigenvalue weighted by Gasteiger charge is 2.24. The van der Waals surface area contributed by atoms with Crippen molar-refractivity contribution in [3.05, 3.63) is 103 Å². The molecule has 0 radical (unpaired) electrons. The van der Waals surface area contributed by atoms with Gasteiger partial charge in [0.25, 0.3) is 10.0 Å². The van der Waals surface area contributed by atoms with E-state index in [0.29, 0.717) is 17.1 Å². The number of nitrogens with zero attached hydrogens (tertiary/aromatic N) is 2.